The minimum Gasteiger partial charge on any atom is -0.493 e. The van der Waals surface area contributed by atoms with E-state index in [9.17, 15) is 5.53 Å². The topological polar surface area (TPSA) is 25.3 Å². The van der Waals surface area contributed by atoms with Crippen molar-refractivity contribution < 1.29 is 21.2 Å². The number of benzene rings is 2. The van der Waals surface area contributed by atoms with Crippen LogP contribution in [0.5, 0.6) is 0 Å². The van der Waals surface area contributed by atoms with Gasteiger partial charge in [0.15, 0.2) is 0 Å². The van der Waals surface area contributed by atoms with Gasteiger partial charge in [0, 0.05) is 22.3 Å². The molecule has 2 nitrogen and oxygen atoms in total. The van der Waals surface area contributed by atoms with Crippen molar-refractivity contribution in [3.05, 3.63) is 101 Å². The Labute approximate surface area is 302 Å². The SMILES string of the molecule is CCCCCCC1=C(c2cccc(CCCC)c2)[N+](=[N-])C(c2cccc(CCCCCC)c2)=C1CCCC.[CH2-]CCC.[CH2-]CCC.[Ni+2]. The first-order chi connectivity index (χ1) is 22.5. The van der Waals surface area contributed by atoms with Crippen molar-refractivity contribution >= 4 is 11.4 Å². The van der Waals surface area contributed by atoms with E-state index in [-0.39, 0.29) is 16.5 Å². The van der Waals surface area contributed by atoms with Gasteiger partial charge in [0.1, 0.15) is 0 Å². The van der Waals surface area contributed by atoms with Gasteiger partial charge in [-0.15, -0.1) is 0 Å². The van der Waals surface area contributed by atoms with E-state index in [1.807, 2.05) is 0 Å². The molecule has 0 radical (unpaired) electrons. The maximum atomic E-state index is 11.9. The van der Waals surface area contributed by atoms with Crippen LogP contribution in [0, 0.1) is 13.8 Å². The van der Waals surface area contributed by atoms with Gasteiger partial charge in [-0.05, 0) is 86.8 Å². The molecule has 47 heavy (non-hydrogen) atoms. The number of aryl methyl sites for hydroxylation is 2. The van der Waals surface area contributed by atoms with Crippen LogP contribution in [0.25, 0.3) is 16.9 Å². The zero-order chi connectivity index (χ0) is 34.0. The maximum absolute atomic E-state index is 11.9. The standard InChI is InChI=1S/C36H52N2.2C4H9.Ni/c1-5-9-13-15-20-30-22-18-24-32(28-30)35-33(25-12-8-4)34(26-16-14-10-6-2)36(38(35)37)31-23-17-21-29(27-31)19-11-7-3;2*1-3-4-2;/h17-18,21-24,27-28H,5-16,19-20,25-26H2,1-4H3;2*1,3-4H2,2H3;/q;2*-1;+2. The van der Waals surface area contributed by atoms with Crippen molar-refractivity contribution in [1.29, 1.82) is 0 Å². The Morgan fingerprint density at radius 2 is 0.851 bits per heavy atom. The Morgan fingerprint density at radius 3 is 1.26 bits per heavy atom. The first kappa shape index (κ1) is 45.0. The average molecular weight is 686 g/mol. The number of unbranched alkanes of at least 4 members (excludes halogenated alkanes) is 10. The smallest absolute Gasteiger partial charge is 0.493 e. The summed E-state index contributed by atoms with van der Waals surface area (Å²) in [5, 5.41) is 0. The van der Waals surface area contributed by atoms with Crippen LogP contribution in [0.4, 0.5) is 0 Å². The Morgan fingerprint density at radius 1 is 0.489 bits per heavy atom. The fraction of sp³-hybridized carbons (Fsp3) is 0.591. The van der Waals surface area contributed by atoms with E-state index in [0.717, 1.165) is 73.9 Å². The van der Waals surface area contributed by atoms with Gasteiger partial charge in [0.2, 0.25) is 11.4 Å². The molecule has 3 rings (SSSR count). The van der Waals surface area contributed by atoms with E-state index in [2.05, 4.69) is 104 Å². The van der Waals surface area contributed by atoms with Crippen LogP contribution in [-0.2, 0) is 29.3 Å². The van der Waals surface area contributed by atoms with Crippen LogP contribution in [0.15, 0.2) is 59.7 Å². The molecule has 266 valence electrons. The molecule has 1 heterocycles. The van der Waals surface area contributed by atoms with Gasteiger partial charge in [-0.1, -0.05) is 130 Å². The quantitative estimate of drug-likeness (QED) is 0.0574. The molecular weight excluding hydrogens is 615 g/mol. The van der Waals surface area contributed by atoms with Crippen molar-refractivity contribution in [3.63, 3.8) is 0 Å². The molecular formula is C44H70N2Ni. The second kappa shape index (κ2) is 29.0. The number of allylic oxidation sites excluding steroid dienone is 2. The van der Waals surface area contributed by atoms with Crippen molar-refractivity contribution in [2.45, 2.75) is 170 Å². The minimum atomic E-state index is 0. The third kappa shape index (κ3) is 16.8. The summed E-state index contributed by atoms with van der Waals surface area (Å²) in [5.41, 5.74) is 21.8. The van der Waals surface area contributed by atoms with Gasteiger partial charge in [0.25, 0.3) is 0 Å². The van der Waals surface area contributed by atoms with Crippen molar-refractivity contribution in [2.24, 2.45) is 0 Å². The molecule has 0 aliphatic carbocycles. The molecule has 0 N–H and O–H groups in total. The zero-order valence-electron chi connectivity index (χ0n) is 31.4. The summed E-state index contributed by atoms with van der Waals surface area (Å²) in [5.74, 6) is 0. The van der Waals surface area contributed by atoms with E-state index in [1.54, 1.807) is 4.70 Å². The van der Waals surface area contributed by atoms with E-state index in [1.165, 1.54) is 99.3 Å². The predicted molar refractivity (Wildman–Crippen MR) is 206 cm³/mol. The van der Waals surface area contributed by atoms with E-state index in [4.69, 9.17) is 0 Å². The molecule has 3 heteroatoms. The van der Waals surface area contributed by atoms with Crippen molar-refractivity contribution in [2.75, 3.05) is 0 Å². The Hall–Kier alpha value is -1.99. The summed E-state index contributed by atoms with van der Waals surface area (Å²) in [6.07, 6.45) is 23.6. The van der Waals surface area contributed by atoms with Crippen molar-refractivity contribution in [3.8, 4) is 0 Å². The maximum Gasteiger partial charge on any atom is 2.00 e. The van der Waals surface area contributed by atoms with Gasteiger partial charge in [0.05, 0.1) is 0 Å². The van der Waals surface area contributed by atoms with Gasteiger partial charge < -0.3 is 19.4 Å². The molecule has 2 aromatic rings. The Balaban J connectivity index is 0.00000211. The second-order valence-corrected chi connectivity index (χ2v) is 12.9. The fourth-order valence-electron chi connectivity index (χ4n) is 5.75. The molecule has 0 spiro atoms. The fourth-order valence-corrected chi connectivity index (χ4v) is 5.75. The molecule has 0 saturated carbocycles. The second-order valence-electron chi connectivity index (χ2n) is 12.9. The molecule has 0 amide bonds. The van der Waals surface area contributed by atoms with Crippen LogP contribution in [0.1, 0.15) is 179 Å². The molecule has 0 unspecified atom stereocenters. The van der Waals surface area contributed by atoms with Gasteiger partial charge in [-0.3, -0.25) is 0 Å². The number of nitrogens with zero attached hydrogens (tertiary/aromatic N) is 2. The summed E-state index contributed by atoms with van der Waals surface area (Å²) in [6.45, 7) is 20.5. The molecule has 0 saturated heterocycles. The first-order valence-corrected chi connectivity index (χ1v) is 19.2. The molecule has 2 aromatic carbocycles. The molecule has 0 atom stereocenters. The summed E-state index contributed by atoms with van der Waals surface area (Å²) < 4.78 is 1.56. The zero-order valence-corrected chi connectivity index (χ0v) is 32.4. The molecule has 0 bridgehead atoms. The molecule has 0 aromatic heterocycles. The van der Waals surface area contributed by atoms with E-state index < -0.39 is 0 Å². The van der Waals surface area contributed by atoms with Crippen LogP contribution in [0.2, 0.25) is 0 Å². The van der Waals surface area contributed by atoms with Gasteiger partial charge in [-0.2, -0.15) is 12.8 Å². The Bertz CT molecular complexity index is 1150. The van der Waals surface area contributed by atoms with E-state index >= 15 is 0 Å². The number of hydrogen-bond donors (Lipinski definition) is 0. The summed E-state index contributed by atoms with van der Waals surface area (Å²) in [6, 6.07) is 17.9. The normalized spacial score (nSPS) is 12.4. The number of hydrogen-bond acceptors (Lipinski definition) is 0. The van der Waals surface area contributed by atoms with Crippen molar-refractivity contribution in [1.82, 2.24) is 0 Å². The molecule has 0 fully saturated rings. The summed E-state index contributed by atoms with van der Waals surface area (Å²) in [4.78, 5) is 0. The minimum absolute atomic E-state index is 0. The van der Waals surface area contributed by atoms with Crippen LogP contribution in [-0.4, -0.2) is 4.70 Å². The summed E-state index contributed by atoms with van der Waals surface area (Å²) in [7, 11) is 0. The monoisotopic (exact) mass is 684 g/mol. The van der Waals surface area contributed by atoms with E-state index in [0.29, 0.717) is 0 Å². The van der Waals surface area contributed by atoms with Crippen LogP contribution >= 0.6 is 0 Å². The van der Waals surface area contributed by atoms with Gasteiger partial charge in [-0.25, -0.2) is 4.70 Å². The predicted octanol–water partition coefficient (Wildman–Crippen LogP) is 14.7. The first-order valence-electron chi connectivity index (χ1n) is 19.2. The van der Waals surface area contributed by atoms with Crippen LogP contribution in [0.3, 0.4) is 0 Å². The Kier molecular flexibility index (Phi) is 27.8. The largest absolute Gasteiger partial charge is 2.00 e. The average Bonchev–Trinajstić information content (AvgIpc) is 3.37. The van der Waals surface area contributed by atoms with Gasteiger partial charge >= 0.3 is 16.5 Å². The molecule has 1 aliphatic heterocycles. The molecule has 1 aliphatic rings. The third-order valence-corrected chi connectivity index (χ3v) is 8.67. The third-order valence-electron chi connectivity index (χ3n) is 8.67. The van der Waals surface area contributed by atoms with Crippen LogP contribution < -0.4 is 0 Å². The summed E-state index contributed by atoms with van der Waals surface area (Å²) >= 11 is 0. The number of rotatable bonds is 20.